The number of terminal acetylenes is 1. The van der Waals surface area contributed by atoms with Gasteiger partial charge >= 0.3 is 0 Å². The number of rotatable bonds is 2. The first kappa shape index (κ1) is 9.67. The van der Waals surface area contributed by atoms with Gasteiger partial charge in [-0.25, -0.2) is 4.98 Å². The fraction of sp³-hybridized carbons (Fsp3) is 0.231. The van der Waals surface area contributed by atoms with E-state index in [0.717, 1.165) is 29.6 Å². The van der Waals surface area contributed by atoms with Crippen LogP contribution in [0.15, 0.2) is 24.4 Å². The second-order valence-electron chi connectivity index (χ2n) is 3.54. The van der Waals surface area contributed by atoms with Gasteiger partial charge in [-0.1, -0.05) is 6.07 Å². The molecule has 0 aliphatic heterocycles. The van der Waals surface area contributed by atoms with Crippen LogP contribution in [0.2, 0.25) is 0 Å². The summed E-state index contributed by atoms with van der Waals surface area (Å²) in [5, 5.41) is 0. The average molecular weight is 196 g/mol. The Bertz CT molecular complexity index is 524. The molecule has 0 bridgehead atoms. The number of nitrogens with zero attached hydrogens (tertiary/aromatic N) is 2. The Morgan fingerprint density at radius 1 is 1.33 bits per heavy atom. The van der Waals surface area contributed by atoms with E-state index < -0.39 is 0 Å². The zero-order valence-corrected chi connectivity index (χ0v) is 8.70. The maximum atomic E-state index is 5.23. The van der Waals surface area contributed by atoms with Gasteiger partial charge in [0.25, 0.3) is 0 Å². The van der Waals surface area contributed by atoms with Crippen LogP contribution < -0.4 is 0 Å². The Labute approximate surface area is 89.4 Å². The summed E-state index contributed by atoms with van der Waals surface area (Å²) in [6.07, 6.45) is 8.69. The third-order valence-corrected chi connectivity index (χ3v) is 2.29. The summed E-state index contributed by atoms with van der Waals surface area (Å²) < 4.78 is 0. The van der Waals surface area contributed by atoms with E-state index in [1.54, 1.807) is 6.20 Å². The summed E-state index contributed by atoms with van der Waals surface area (Å²) in [5.41, 5.74) is 4.05. The van der Waals surface area contributed by atoms with E-state index >= 15 is 0 Å². The molecule has 0 aliphatic rings. The highest BCUT2D eigenvalue weighted by molar-refractivity contribution is 5.74. The molecule has 1 aromatic carbocycles. The second-order valence-corrected chi connectivity index (χ2v) is 3.54. The Kier molecular flexibility index (Phi) is 2.64. The molecule has 0 atom stereocenters. The first-order chi connectivity index (χ1) is 7.29. The second kappa shape index (κ2) is 4.10. The zero-order valence-electron chi connectivity index (χ0n) is 8.70. The normalized spacial score (nSPS) is 10.1. The number of aromatic nitrogens is 2. The minimum absolute atomic E-state index is 0.769. The third kappa shape index (κ3) is 2.13. The molecule has 0 saturated heterocycles. The Hall–Kier alpha value is -1.88. The van der Waals surface area contributed by atoms with Crippen molar-refractivity contribution in [2.45, 2.75) is 19.8 Å². The quantitative estimate of drug-likeness (QED) is 0.690. The van der Waals surface area contributed by atoms with Crippen LogP contribution in [0.25, 0.3) is 11.0 Å². The van der Waals surface area contributed by atoms with Crippen molar-refractivity contribution in [1.82, 2.24) is 9.97 Å². The third-order valence-electron chi connectivity index (χ3n) is 2.29. The zero-order chi connectivity index (χ0) is 10.7. The van der Waals surface area contributed by atoms with Gasteiger partial charge in [-0.05, 0) is 31.0 Å². The lowest BCUT2D eigenvalue weighted by molar-refractivity contribution is 1.03. The van der Waals surface area contributed by atoms with E-state index in [4.69, 9.17) is 6.42 Å². The Morgan fingerprint density at radius 2 is 2.20 bits per heavy atom. The van der Waals surface area contributed by atoms with Gasteiger partial charge in [0.2, 0.25) is 0 Å². The van der Waals surface area contributed by atoms with E-state index in [-0.39, 0.29) is 0 Å². The largest absolute Gasteiger partial charge is 0.253 e. The molecular weight excluding hydrogens is 184 g/mol. The Morgan fingerprint density at radius 3 is 3.00 bits per heavy atom. The predicted molar refractivity (Wildman–Crippen MR) is 61.4 cm³/mol. The van der Waals surface area contributed by atoms with Gasteiger partial charge in [0.1, 0.15) is 0 Å². The summed E-state index contributed by atoms with van der Waals surface area (Å²) in [7, 11) is 0. The highest BCUT2D eigenvalue weighted by Crippen LogP contribution is 2.13. The lowest BCUT2D eigenvalue weighted by Crippen LogP contribution is -1.89. The van der Waals surface area contributed by atoms with Gasteiger partial charge in [-0.2, -0.15) is 0 Å². The molecule has 15 heavy (non-hydrogen) atoms. The minimum Gasteiger partial charge on any atom is -0.253 e. The highest BCUT2D eigenvalue weighted by atomic mass is 14.8. The topological polar surface area (TPSA) is 25.8 Å². The lowest BCUT2D eigenvalue weighted by Gasteiger charge is -2.01. The molecule has 2 aromatic rings. The summed E-state index contributed by atoms with van der Waals surface area (Å²) in [5.74, 6) is 2.64. The van der Waals surface area contributed by atoms with Gasteiger partial charge in [0, 0.05) is 12.6 Å². The number of hydrogen-bond acceptors (Lipinski definition) is 2. The van der Waals surface area contributed by atoms with Crippen molar-refractivity contribution in [3.63, 3.8) is 0 Å². The van der Waals surface area contributed by atoms with E-state index in [1.165, 1.54) is 5.56 Å². The van der Waals surface area contributed by atoms with Crippen molar-refractivity contribution in [1.29, 1.82) is 0 Å². The molecule has 0 spiro atoms. The average Bonchev–Trinajstić information content (AvgIpc) is 2.26. The van der Waals surface area contributed by atoms with Crippen LogP contribution >= 0.6 is 0 Å². The lowest BCUT2D eigenvalue weighted by atomic mass is 10.1. The molecule has 2 heteroatoms. The number of benzene rings is 1. The molecule has 0 aliphatic carbocycles. The minimum atomic E-state index is 0.769. The van der Waals surface area contributed by atoms with Crippen LogP contribution in [-0.4, -0.2) is 9.97 Å². The molecule has 2 rings (SSSR count). The fourth-order valence-electron chi connectivity index (χ4n) is 1.52. The first-order valence-corrected chi connectivity index (χ1v) is 4.95. The molecule has 0 fully saturated rings. The van der Waals surface area contributed by atoms with Crippen molar-refractivity contribution < 1.29 is 0 Å². The maximum Gasteiger partial charge on any atom is 0.0890 e. The number of fused-ring (bicyclic) bond motifs is 1. The van der Waals surface area contributed by atoms with Crippen molar-refractivity contribution in [2.24, 2.45) is 0 Å². The summed E-state index contributed by atoms with van der Waals surface area (Å²) in [4.78, 5) is 8.73. The van der Waals surface area contributed by atoms with Crippen molar-refractivity contribution in [3.8, 4) is 12.3 Å². The van der Waals surface area contributed by atoms with Crippen molar-refractivity contribution in [3.05, 3.63) is 35.7 Å². The van der Waals surface area contributed by atoms with Crippen LogP contribution in [0, 0.1) is 19.3 Å². The number of hydrogen-bond donors (Lipinski definition) is 0. The highest BCUT2D eigenvalue weighted by Gasteiger charge is 1.98. The van der Waals surface area contributed by atoms with E-state index in [9.17, 15) is 0 Å². The van der Waals surface area contributed by atoms with Gasteiger partial charge in [-0.15, -0.1) is 12.3 Å². The molecule has 0 amide bonds. The van der Waals surface area contributed by atoms with E-state index in [2.05, 4.69) is 28.0 Å². The van der Waals surface area contributed by atoms with Crippen molar-refractivity contribution in [2.75, 3.05) is 0 Å². The molecule has 0 saturated carbocycles. The van der Waals surface area contributed by atoms with Crippen LogP contribution in [-0.2, 0) is 6.42 Å². The molecule has 0 unspecified atom stereocenters. The van der Waals surface area contributed by atoms with Crippen LogP contribution in [0.5, 0.6) is 0 Å². The van der Waals surface area contributed by atoms with Crippen LogP contribution in [0.1, 0.15) is 17.7 Å². The van der Waals surface area contributed by atoms with E-state index in [1.807, 2.05) is 13.0 Å². The van der Waals surface area contributed by atoms with Crippen LogP contribution in [0.3, 0.4) is 0 Å². The van der Waals surface area contributed by atoms with Crippen LogP contribution in [0.4, 0.5) is 0 Å². The summed E-state index contributed by atoms with van der Waals surface area (Å²) >= 11 is 0. The Balaban J connectivity index is 2.40. The molecule has 2 nitrogen and oxygen atoms in total. The van der Waals surface area contributed by atoms with Gasteiger partial charge in [0.15, 0.2) is 0 Å². The summed E-state index contributed by atoms with van der Waals surface area (Å²) in [6, 6.07) is 6.12. The van der Waals surface area contributed by atoms with Gasteiger partial charge in [0.05, 0.1) is 16.7 Å². The molecule has 1 aromatic heterocycles. The molecule has 1 heterocycles. The van der Waals surface area contributed by atoms with Crippen molar-refractivity contribution >= 4 is 11.0 Å². The number of aryl methyl sites for hydroxylation is 2. The summed E-state index contributed by atoms with van der Waals surface area (Å²) in [6.45, 7) is 1.94. The molecule has 74 valence electrons. The monoisotopic (exact) mass is 196 g/mol. The predicted octanol–water partition coefficient (Wildman–Crippen LogP) is 2.50. The molecule has 0 radical (unpaired) electrons. The van der Waals surface area contributed by atoms with Gasteiger partial charge < -0.3 is 0 Å². The van der Waals surface area contributed by atoms with E-state index in [0.29, 0.717) is 0 Å². The fourth-order valence-corrected chi connectivity index (χ4v) is 1.52. The molecular formula is C13H12N2. The van der Waals surface area contributed by atoms with Gasteiger partial charge in [-0.3, -0.25) is 4.98 Å². The molecule has 0 N–H and O–H groups in total. The maximum absolute atomic E-state index is 5.23. The standard InChI is InChI=1S/C13H12N2/c1-3-4-5-11-6-7-12-13(8-11)14-9-10(2)15-12/h1,6-9H,4-5H2,2H3. The smallest absolute Gasteiger partial charge is 0.0890 e. The SMILES string of the molecule is C#CCCc1ccc2nc(C)cnc2c1. The first-order valence-electron chi connectivity index (χ1n) is 4.95.